The number of hydrogen-bond donors (Lipinski definition) is 2. The predicted octanol–water partition coefficient (Wildman–Crippen LogP) is 0.259. The summed E-state index contributed by atoms with van der Waals surface area (Å²) < 4.78 is 10.1. The fourth-order valence-corrected chi connectivity index (χ4v) is 2.11. The van der Waals surface area contributed by atoms with Gasteiger partial charge in [0, 0.05) is 18.9 Å². The van der Waals surface area contributed by atoms with Crippen molar-refractivity contribution in [2.45, 2.75) is 39.1 Å². The molecular weight excluding hydrogens is 265 g/mol. The first kappa shape index (κ1) is 16.8. The highest BCUT2D eigenvalue weighted by Gasteiger charge is 2.46. The fourth-order valence-electron chi connectivity index (χ4n) is 2.11. The van der Waals surface area contributed by atoms with Crippen LogP contribution in [0.2, 0.25) is 5.82 Å². The highest BCUT2D eigenvalue weighted by molar-refractivity contribution is 6.44. The van der Waals surface area contributed by atoms with Crippen molar-refractivity contribution in [3.05, 3.63) is 0 Å². The van der Waals surface area contributed by atoms with E-state index < -0.39 is 36.5 Å². The average molecular weight is 287 g/mol. The molecule has 8 heteroatoms. The predicted molar refractivity (Wildman–Crippen MR) is 71.9 cm³/mol. The molecule has 0 saturated carbocycles. The Bertz CT molecular complexity index is 367. The summed E-state index contributed by atoms with van der Waals surface area (Å²) in [5, 5.41) is 18.7. The van der Waals surface area contributed by atoms with E-state index in [0.717, 1.165) is 0 Å². The van der Waals surface area contributed by atoms with Crippen LogP contribution in [0, 0.1) is 5.92 Å². The maximum atomic E-state index is 11.9. The van der Waals surface area contributed by atoms with Crippen LogP contribution in [0.3, 0.4) is 0 Å². The molecule has 0 aromatic carbocycles. The fraction of sp³-hybridized carbons (Fsp3) is 0.833. The molecule has 1 aliphatic heterocycles. The SMILES string of the molecule is CCOC(=O)[C@@H]1CN(C(=O)OC(C)(C)C)C[C@H]1B(O)O. The van der Waals surface area contributed by atoms with E-state index in [0.29, 0.717) is 0 Å². The first-order valence-electron chi connectivity index (χ1n) is 6.66. The second-order valence-electron chi connectivity index (χ2n) is 5.82. The summed E-state index contributed by atoms with van der Waals surface area (Å²) in [6.45, 7) is 7.21. The number of amides is 1. The van der Waals surface area contributed by atoms with E-state index in [-0.39, 0.29) is 19.7 Å². The minimum atomic E-state index is -1.68. The number of hydrogen-bond acceptors (Lipinski definition) is 6. The summed E-state index contributed by atoms with van der Waals surface area (Å²) in [5.41, 5.74) is -0.646. The standard InChI is InChI=1S/C12H22BNO6/c1-5-19-10(15)8-6-14(7-9(8)13(17)18)11(16)20-12(2,3)4/h8-9,17-18H,5-7H2,1-4H3/t8-,9-/m1/s1. The summed E-state index contributed by atoms with van der Waals surface area (Å²) in [4.78, 5) is 25.0. The Morgan fingerprint density at radius 3 is 2.35 bits per heavy atom. The van der Waals surface area contributed by atoms with Crippen LogP contribution in [0.5, 0.6) is 0 Å². The van der Waals surface area contributed by atoms with Crippen molar-refractivity contribution in [3.63, 3.8) is 0 Å². The van der Waals surface area contributed by atoms with Crippen molar-refractivity contribution in [2.75, 3.05) is 19.7 Å². The Labute approximate surface area is 119 Å². The summed E-state index contributed by atoms with van der Waals surface area (Å²) in [5.74, 6) is -2.04. The van der Waals surface area contributed by atoms with Crippen molar-refractivity contribution < 1.29 is 29.1 Å². The largest absolute Gasteiger partial charge is 0.466 e. The van der Waals surface area contributed by atoms with Gasteiger partial charge in [-0.15, -0.1) is 0 Å². The second-order valence-corrected chi connectivity index (χ2v) is 5.82. The zero-order valence-corrected chi connectivity index (χ0v) is 12.3. The molecule has 2 N–H and O–H groups in total. The van der Waals surface area contributed by atoms with Gasteiger partial charge in [0.2, 0.25) is 0 Å². The third-order valence-electron chi connectivity index (χ3n) is 2.99. The molecule has 114 valence electrons. The first-order chi connectivity index (χ1) is 9.15. The lowest BCUT2D eigenvalue weighted by Crippen LogP contribution is -2.36. The smallest absolute Gasteiger partial charge is 0.457 e. The van der Waals surface area contributed by atoms with Crippen LogP contribution in [0.15, 0.2) is 0 Å². The molecule has 0 unspecified atom stereocenters. The van der Waals surface area contributed by atoms with Crippen LogP contribution in [-0.4, -0.2) is 59.4 Å². The Hall–Kier alpha value is -1.28. The van der Waals surface area contributed by atoms with E-state index in [9.17, 15) is 19.6 Å². The molecular formula is C12H22BNO6. The lowest BCUT2D eigenvalue weighted by Gasteiger charge is -2.24. The van der Waals surface area contributed by atoms with Gasteiger partial charge in [0.05, 0.1) is 12.5 Å². The van der Waals surface area contributed by atoms with E-state index in [1.807, 2.05) is 0 Å². The molecule has 0 aromatic heterocycles. The third-order valence-corrected chi connectivity index (χ3v) is 2.99. The van der Waals surface area contributed by atoms with Crippen LogP contribution < -0.4 is 0 Å². The van der Waals surface area contributed by atoms with Gasteiger partial charge in [-0.1, -0.05) is 0 Å². The van der Waals surface area contributed by atoms with Crippen molar-refractivity contribution in [3.8, 4) is 0 Å². The highest BCUT2D eigenvalue weighted by Crippen LogP contribution is 2.31. The molecule has 0 aromatic rings. The topological polar surface area (TPSA) is 96.3 Å². The Kier molecular flexibility index (Phi) is 5.41. The van der Waals surface area contributed by atoms with Gasteiger partial charge < -0.3 is 24.4 Å². The third kappa shape index (κ3) is 4.38. The number of nitrogens with zero attached hydrogens (tertiary/aromatic N) is 1. The number of esters is 1. The normalized spacial score (nSPS) is 22.6. The van der Waals surface area contributed by atoms with Crippen LogP contribution >= 0.6 is 0 Å². The van der Waals surface area contributed by atoms with Crippen LogP contribution in [0.1, 0.15) is 27.7 Å². The summed E-state index contributed by atoms with van der Waals surface area (Å²) in [6.07, 6.45) is -0.574. The molecule has 0 bridgehead atoms. The second kappa shape index (κ2) is 6.45. The van der Waals surface area contributed by atoms with Gasteiger partial charge >= 0.3 is 19.2 Å². The minimum Gasteiger partial charge on any atom is -0.466 e. The first-order valence-corrected chi connectivity index (χ1v) is 6.66. The monoisotopic (exact) mass is 287 g/mol. The summed E-state index contributed by atoms with van der Waals surface area (Å²) >= 11 is 0. The Balaban J connectivity index is 2.75. The molecule has 7 nitrogen and oxygen atoms in total. The molecule has 0 radical (unpaired) electrons. The molecule has 20 heavy (non-hydrogen) atoms. The van der Waals surface area contributed by atoms with Gasteiger partial charge in [-0.05, 0) is 27.7 Å². The zero-order chi connectivity index (χ0) is 15.5. The maximum Gasteiger partial charge on any atom is 0.457 e. The lowest BCUT2D eigenvalue weighted by atomic mass is 9.67. The van der Waals surface area contributed by atoms with Gasteiger partial charge in [-0.25, -0.2) is 4.79 Å². The maximum absolute atomic E-state index is 11.9. The Morgan fingerprint density at radius 2 is 1.90 bits per heavy atom. The van der Waals surface area contributed by atoms with Gasteiger partial charge in [-0.2, -0.15) is 0 Å². The number of rotatable bonds is 3. The molecule has 1 fully saturated rings. The van der Waals surface area contributed by atoms with E-state index in [4.69, 9.17) is 9.47 Å². The van der Waals surface area contributed by atoms with Crippen LogP contribution in [0.4, 0.5) is 4.79 Å². The van der Waals surface area contributed by atoms with Crippen LogP contribution in [-0.2, 0) is 14.3 Å². The highest BCUT2D eigenvalue weighted by atomic mass is 16.6. The molecule has 2 atom stereocenters. The number of carbonyl (C=O) groups is 2. The Morgan fingerprint density at radius 1 is 1.30 bits per heavy atom. The van der Waals surface area contributed by atoms with E-state index in [1.165, 1.54) is 4.90 Å². The number of ether oxygens (including phenoxy) is 2. The van der Waals surface area contributed by atoms with Crippen molar-refractivity contribution in [1.82, 2.24) is 4.90 Å². The molecule has 1 aliphatic rings. The van der Waals surface area contributed by atoms with Gasteiger partial charge in [0.1, 0.15) is 5.60 Å². The van der Waals surface area contributed by atoms with Crippen LogP contribution in [0.25, 0.3) is 0 Å². The molecule has 1 amide bonds. The molecule has 1 heterocycles. The quantitative estimate of drug-likeness (QED) is 0.571. The van der Waals surface area contributed by atoms with E-state index in [1.54, 1.807) is 27.7 Å². The van der Waals surface area contributed by atoms with Crippen molar-refractivity contribution in [1.29, 1.82) is 0 Å². The molecule has 0 aliphatic carbocycles. The zero-order valence-electron chi connectivity index (χ0n) is 12.3. The van der Waals surface area contributed by atoms with E-state index >= 15 is 0 Å². The van der Waals surface area contributed by atoms with Gasteiger partial charge in [0.15, 0.2) is 0 Å². The average Bonchev–Trinajstić information content (AvgIpc) is 2.71. The molecule has 0 spiro atoms. The van der Waals surface area contributed by atoms with Crippen molar-refractivity contribution in [2.24, 2.45) is 5.92 Å². The van der Waals surface area contributed by atoms with Gasteiger partial charge in [-0.3, -0.25) is 4.79 Å². The minimum absolute atomic E-state index is 0.0516. The van der Waals surface area contributed by atoms with Crippen molar-refractivity contribution >= 4 is 19.2 Å². The van der Waals surface area contributed by atoms with Gasteiger partial charge in [0.25, 0.3) is 0 Å². The number of carbonyl (C=O) groups excluding carboxylic acids is 2. The molecule has 1 rings (SSSR count). The van der Waals surface area contributed by atoms with E-state index in [2.05, 4.69) is 0 Å². The summed E-state index contributed by atoms with van der Waals surface area (Å²) in [6, 6.07) is 0. The number of likely N-dealkylation sites (tertiary alicyclic amines) is 1. The molecule has 1 saturated heterocycles. The summed E-state index contributed by atoms with van der Waals surface area (Å²) in [7, 11) is -1.68. The lowest BCUT2D eigenvalue weighted by molar-refractivity contribution is -0.147.